The third-order valence-corrected chi connectivity index (χ3v) is 2.58. The number of benzene rings is 1. The van der Waals surface area contributed by atoms with E-state index >= 15 is 0 Å². The maximum Gasteiger partial charge on any atom is 0.345 e. The van der Waals surface area contributed by atoms with Gasteiger partial charge in [0, 0.05) is 17.2 Å². The Labute approximate surface area is 118 Å². The van der Waals surface area contributed by atoms with Gasteiger partial charge in [0.1, 0.15) is 0 Å². The number of carbonyl (C=O) groups is 2. The molecule has 0 saturated carbocycles. The van der Waals surface area contributed by atoms with Crippen LogP contribution in [-0.4, -0.2) is 32.2 Å². The maximum atomic E-state index is 13.9. The number of nitrogens with zero attached hydrogens (tertiary/aromatic N) is 1. The van der Waals surface area contributed by atoms with Crippen molar-refractivity contribution in [2.24, 2.45) is 0 Å². The normalized spacial score (nSPS) is 11.8. The number of carbonyl (C=O) groups excluding carboxylic acids is 2. The van der Waals surface area contributed by atoms with Gasteiger partial charge in [-0.25, -0.2) is 4.79 Å². The van der Waals surface area contributed by atoms with E-state index < -0.39 is 18.0 Å². The van der Waals surface area contributed by atoms with E-state index in [2.05, 4.69) is 9.47 Å². The van der Waals surface area contributed by atoms with Crippen LogP contribution in [0.4, 0.5) is 10.2 Å². The van der Waals surface area contributed by atoms with E-state index in [1.165, 1.54) is 18.2 Å². The Morgan fingerprint density at radius 2 is 1.74 bits per heavy atom. The van der Waals surface area contributed by atoms with Crippen LogP contribution in [0.2, 0.25) is 10.0 Å². The minimum absolute atomic E-state index is 0.144. The summed E-state index contributed by atoms with van der Waals surface area (Å²) >= 11 is 11.4. The number of methoxy groups -OCH3 is 2. The summed E-state index contributed by atoms with van der Waals surface area (Å²) in [5.41, 5.74) is -0.214. The molecule has 0 heterocycles. The lowest BCUT2D eigenvalue weighted by molar-refractivity contribution is -0.158. The molecule has 0 saturated heterocycles. The van der Waals surface area contributed by atoms with Crippen molar-refractivity contribution in [1.29, 1.82) is 0 Å². The van der Waals surface area contributed by atoms with E-state index in [1.54, 1.807) is 0 Å². The molecule has 0 N–H and O–H groups in total. The minimum atomic E-state index is -1.70. The second kappa shape index (κ2) is 6.70. The number of anilines is 1. The Bertz CT molecular complexity index is 477. The third kappa shape index (κ3) is 3.79. The van der Waals surface area contributed by atoms with Crippen molar-refractivity contribution in [3.05, 3.63) is 28.2 Å². The van der Waals surface area contributed by atoms with Crippen LogP contribution in [0.25, 0.3) is 0 Å². The molecular weight excluding hydrogens is 300 g/mol. The van der Waals surface area contributed by atoms with Gasteiger partial charge in [0.25, 0.3) is 5.91 Å². The van der Waals surface area contributed by atoms with Gasteiger partial charge in [-0.3, -0.25) is 4.79 Å². The molecule has 1 amide bonds. The number of ether oxygens (including phenoxy) is 2. The predicted octanol–water partition coefficient (Wildman–Crippen LogP) is 2.40. The van der Waals surface area contributed by atoms with Crippen LogP contribution in [0.1, 0.15) is 0 Å². The Morgan fingerprint density at radius 3 is 2.16 bits per heavy atom. The first-order valence-corrected chi connectivity index (χ1v) is 5.72. The monoisotopic (exact) mass is 309 g/mol. The van der Waals surface area contributed by atoms with Crippen LogP contribution in [0, 0.1) is 0 Å². The average molecular weight is 310 g/mol. The molecule has 0 aliphatic heterocycles. The molecule has 1 rings (SSSR count). The molecule has 1 aromatic rings. The highest BCUT2D eigenvalue weighted by Crippen LogP contribution is 2.26. The molecule has 0 fully saturated rings. The highest BCUT2D eigenvalue weighted by Gasteiger charge is 2.33. The van der Waals surface area contributed by atoms with Gasteiger partial charge in [-0.15, -0.1) is 5.12 Å². The van der Waals surface area contributed by atoms with Crippen molar-refractivity contribution in [2.45, 2.75) is 6.10 Å². The molecule has 5 nitrogen and oxygen atoms in total. The molecule has 1 aromatic carbocycles. The second-order valence-corrected chi connectivity index (χ2v) is 4.26. The number of halogens is 3. The largest absolute Gasteiger partial charge is 0.467 e. The van der Waals surface area contributed by atoms with Crippen molar-refractivity contribution in [2.75, 3.05) is 19.3 Å². The summed E-state index contributed by atoms with van der Waals surface area (Å²) in [5.74, 6) is -2.25. The van der Waals surface area contributed by atoms with Crippen molar-refractivity contribution in [1.82, 2.24) is 0 Å². The highest BCUT2D eigenvalue weighted by molar-refractivity contribution is 6.35. The SMILES string of the molecule is COC(=O)C(OC)C(=O)N(F)c1cc(Cl)cc(Cl)c1. The molecule has 0 bridgehead atoms. The van der Waals surface area contributed by atoms with Gasteiger partial charge in [-0.05, 0) is 18.2 Å². The van der Waals surface area contributed by atoms with Crippen molar-refractivity contribution >= 4 is 40.8 Å². The lowest BCUT2D eigenvalue weighted by Crippen LogP contribution is -2.41. The number of esters is 1. The summed E-state index contributed by atoms with van der Waals surface area (Å²) in [5, 5.41) is 0.0121. The first-order chi connectivity index (χ1) is 8.90. The third-order valence-electron chi connectivity index (χ3n) is 2.14. The van der Waals surface area contributed by atoms with Gasteiger partial charge < -0.3 is 9.47 Å². The Morgan fingerprint density at radius 1 is 1.21 bits per heavy atom. The van der Waals surface area contributed by atoms with Gasteiger partial charge in [-0.2, -0.15) is 0 Å². The zero-order chi connectivity index (χ0) is 14.6. The fourth-order valence-corrected chi connectivity index (χ4v) is 1.80. The minimum Gasteiger partial charge on any atom is -0.467 e. The molecular formula is C11H10Cl2FNO4. The summed E-state index contributed by atoms with van der Waals surface area (Å²) < 4.78 is 22.8. The summed E-state index contributed by atoms with van der Waals surface area (Å²) in [6, 6.07) is 3.73. The standard InChI is InChI=1S/C11H10Cl2FNO4/c1-18-9(11(17)19-2)10(16)15(14)8-4-6(12)3-7(13)5-8/h3-5,9H,1-2H3. The smallest absolute Gasteiger partial charge is 0.345 e. The molecule has 1 atom stereocenters. The Balaban J connectivity index is 3.01. The van der Waals surface area contributed by atoms with Crippen LogP contribution in [0.15, 0.2) is 18.2 Å². The first-order valence-electron chi connectivity index (χ1n) is 4.97. The van der Waals surface area contributed by atoms with Crippen LogP contribution < -0.4 is 5.12 Å². The van der Waals surface area contributed by atoms with Crippen molar-refractivity contribution in [3.8, 4) is 0 Å². The van der Waals surface area contributed by atoms with Crippen LogP contribution in [0.3, 0.4) is 0 Å². The summed E-state index contributed by atoms with van der Waals surface area (Å²) in [6.45, 7) is 0. The molecule has 0 aliphatic carbocycles. The molecule has 1 unspecified atom stereocenters. The van der Waals surface area contributed by atoms with Gasteiger partial charge in [-0.1, -0.05) is 27.7 Å². The van der Waals surface area contributed by atoms with Gasteiger partial charge in [0.15, 0.2) is 0 Å². The number of hydrogen-bond donors (Lipinski definition) is 0. The van der Waals surface area contributed by atoms with E-state index in [9.17, 15) is 14.1 Å². The highest BCUT2D eigenvalue weighted by atomic mass is 35.5. The summed E-state index contributed by atoms with van der Waals surface area (Å²) in [7, 11) is 2.14. The lowest BCUT2D eigenvalue weighted by Gasteiger charge is -2.17. The van der Waals surface area contributed by atoms with Gasteiger partial charge in [0.05, 0.1) is 12.8 Å². The van der Waals surface area contributed by atoms with Crippen LogP contribution >= 0.6 is 23.2 Å². The Kier molecular flexibility index (Phi) is 5.53. The average Bonchev–Trinajstić information content (AvgIpc) is 2.37. The molecule has 0 spiro atoms. The maximum absolute atomic E-state index is 13.9. The number of hydrogen-bond acceptors (Lipinski definition) is 4. The Hall–Kier alpha value is -1.37. The zero-order valence-electron chi connectivity index (χ0n) is 10.0. The van der Waals surface area contributed by atoms with Gasteiger partial charge in [0.2, 0.25) is 6.10 Å². The van der Waals surface area contributed by atoms with E-state index in [4.69, 9.17) is 23.2 Å². The first kappa shape index (κ1) is 15.7. The van der Waals surface area contributed by atoms with Crippen molar-refractivity contribution in [3.63, 3.8) is 0 Å². The summed E-state index contributed by atoms with van der Waals surface area (Å²) in [4.78, 5) is 23.0. The fraction of sp³-hybridized carbons (Fsp3) is 0.273. The number of rotatable bonds is 4. The van der Waals surface area contributed by atoms with E-state index in [1.807, 2.05) is 0 Å². The van der Waals surface area contributed by atoms with Crippen molar-refractivity contribution < 1.29 is 23.5 Å². The zero-order valence-corrected chi connectivity index (χ0v) is 11.5. The van der Waals surface area contributed by atoms with Crippen LogP contribution in [-0.2, 0) is 19.1 Å². The molecule has 0 radical (unpaired) electrons. The topological polar surface area (TPSA) is 55.8 Å². The predicted molar refractivity (Wildman–Crippen MR) is 67.9 cm³/mol. The lowest BCUT2D eigenvalue weighted by atomic mass is 10.2. The molecule has 8 heteroatoms. The molecule has 104 valence electrons. The second-order valence-electron chi connectivity index (χ2n) is 3.39. The van der Waals surface area contributed by atoms with E-state index in [0.29, 0.717) is 0 Å². The van der Waals surface area contributed by atoms with Crippen LogP contribution in [0.5, 0.6) is 0 Å². The number of amides is 1. The quantitative estimate of drug-likeness (QED) is 0.487. The fourth-order valence-electron chi connectivity index (χ4n) is 1.29. The molecule has 0 aromatic heterocycles. The van der Waals surface area contributed by atoms with E-state index in [-0.39, 0.29) is 20.9 Å². The molecule has 19 heavy (non-hydrogen) atoms. The van der Waals surface area contributed by atoms with E-state index in [0.717, 1.165) is 14.2 Å². The summed E-state index contributed by atoms with van der Waals surface area (Å²) in [6.07, 6.45) is -1.70. The van der Waals surface area contributed by atoms with Gasteiger partial charge >= 0.3 is 5.97 Å². The molecule has 0 aliphatic rings.